The van der Waals surface area contributed by atoms with Crippen molar-refractivity contribution in [2.24, 2.45) is 0 Å². The highest BCUT2D eigenvalue weighted by molar-refractivity contribution is 5.90. The van der Waals surface area contributed by atoms with Crippen molar-refractivity contribution in [3.63, 3.8) is 0 Å². The summed E-state index contributed by atoms with van der Waals surface area (Å²) in [6.45, 7) is 6.89. The van der Waals surface area contributed by atoms with E-state index >= 15 is 0 Å². The van der Waals surface area contributed by atoms with Crippen LogP contribution in [0.25, 0.3) is 11.0 Å². The molecule has 0 aliphatic carbocycles. The number of carbonyl (C=O) groups is 1. The standard InChI is InChI=1S/C21H30N8O2/c1-6-16(30)23-14(9-11-31-7-2)17-18-19(28-27-17)20(26-21(25-18)29(4)5)24-15-12-13(3)8-10-22-15/h8,10,12,14H,6-7,9,11H2,1-5H3,(H,23,30)(H,27,28)(H,22,24,25,26). The number of nitrogens with one attached hydrogen (secondary N) is 3. The molecule has 10 heteroatoms. The molecule has 3 aromatic heterocycles. The zero-order valence-corrected chi connectivity index (χ0v) is 18.7. The molecule has 166 valence electrons. The number of nitrogens with zero attached hydrogens (tertiary/aromatic N) is 5. The van der Waals surface area contributed by atoms with E-state index < -0.39 is 0 Å². The van der Waals surface area contributed by atoms with Crippen molar-refractivity contribution in [2.45, 2.75) is 39.7 Å². The van der Waals surface area contributed by atoms with Gasteiger partial charge in [-0.3, -0.25) is 9.89 Å². The lowest BCUT2D eigenvalue weighted by Gasteiger charge is -2.18. The molecule has 0 saturated heterocycles. The lowest BCUT2D eigenvalue weighted by atomic mass is 10.1. The third-order valence-corrected chi connectivity index (χ3v) is 4.74. The first kappa shape index (κ1) is 22.4. The number of aromatic amines is 1. The van der Waals surface area contributed by atoms with Gasteiger partial charge in [-0.2, -0.15) is 10.1 Å². The molecule has 3 rings (SSSR count). The normalized spacial score (nSPS) is 12.0. The molecule has 3 N–H and O–H groups in total. The van der Waals surface area contributed by atoms with Crippen molar-refractivity contribution >= 4 is 34.5 Å². The van der Waals surface area contributed by atoms with Crippen LogP contribution in [-0.2, 0) is 9.53 Å². The molecule has 0 bridgehead atoms. The lowest BCUT2D eigenvalue weighted by molar-refractivity contribution is -0.121. The number of ether oxygens (including phenoxy) is 1. The van der Waals surface area contributed by atoms with E-state index in [1.165, 1.54) is 0 Å². The highest BCUT2D eigenvalue weighted by Gasteiger charge is 2.23. The van der Waals surface area contributed by atoms with Gasteiger partial charge in [-0.15, -0.1) is 0 Å². The van der Waals surface area contributed by atoms with E-state index in [0.29, 0.717) is 54.7 Å². The van der Waals surface area contributed by atoms with Crippen LogP contribution >= 0.6 is 0 Å². The van der Waals surface area contributed by atoms with E-state index in [1.807, 2.05) is 51.9 Å². The predicted octanol–water partition coefficient (Wildman–Crippen LogP) is 2.86. The maximum absolute atomic E-state index is 12.2. The predicted molar refractivity (Wildman–Crippen MR) is 121 cm³/mol. The summed E-state index contributed by atoms with van der Waals surface area (Å²) in [5.41, 5.74) is 3.03. The van der Waals surface area contributed by atoms with Crippen molar-refractivity contribution in [3.05, 3.63) is 29.6 Å². The van der Waals surface area contributed by atoms with Crippen LogP contribution in [0.2, 0.25) is 0 Å². The fourth-order valence-electron chi connectivity index (χ4n) is 3.09. The smallest absolute Gasteiger partial charge is 0.227 e. The Bertz CT molecular complexity index is 1030. The number of amides is 1. The Balaban J connectivity index is 2.05. The summed E-state index contributed by atoms with van der Waals surface area (Å²) >= 11 is 0. The van der Waals surface area contributed by atoms with Gasteiger partial charge in [0.1, 0.15) is 11.3 Å². The third kappa shape index (κ3) is 5.46. The molecule has 0 spiro atoms. The summed E-state index contributed by atoms with van der Waals surface area (Å²) in [5, 5.41) is 13.8. The number of rotatable bonds is 10. The molecule has 1 atom stereocenters. The summed E-state index contributed by atoms with van der Waals surface area (Å²) in [6.07, 6.45) is 2.73. The van der Waals surface area contributed by atoms with Crippen molar-refractivity contribution in [2.75, 3.05) is 37.5 Å². The van der Waals surface area contributed by atoms with Crippen LogP contribution in [0.15, 0.2) is 18.3 Å². The quantitative estimate of drug-likeness (QED) is 0.423. The average Bonchev–Trinajstić information content (AvgIpc) is 3.17. The van der Waals surface area contributed by atoms with E-state index in [2.05, 4.69) is 30.8 Å². The van der Waals surface area contributed by atoms with Crippen molar-refractivity contribution in [3.8, 4) is 0 Å². The first-order valence-electron chi connectivity index (χ1n) is 10.4. The number of hydrogen-bond acceptors (Lipinski definition) is 8. The molecular formula is C21H30N8O2. The Hall–Kier alpha value is -3.27. The number of pyridine rings is 1. The van der Waals surface area contributed by atoms with Crippen molar-refractivity contribution < 1.29 is 9.53 Å². The van der Waals surface area contributed by atoms with Gasteiger partial charge in [0, 0.05) is 39.9 Å². The molecule has 3 heterocycles. The number of aryl methyl sites for hydroxylation is 1. The molecule has 0 radical (unpaired) electrons. The second kappa shape index (κ2) is 10.2. The Labute approximate surface area is 181 Å². The third-order valence-electron chi connectivity index (χ3n) is 4.74. The van der Waals surface area contributed by atoms with Crippen molar-refractivity contribution in [1.29, 1.82) is 0 Å². The van der Waals surface area contributed by atoms with Gasteiger partial charge in [-0.1, -0.05) is 6.92 Å². The van der Waals surface area contributed by atoms with Gasteiger partial charge in [0.15, 0.2) is 11.3 Å². The number of H-pyrrole nitrogens is 1. The molecule has 31 heavy (non-hydrogen) atoms. The first-order valence-corrected chi connectivity index (χ1v) is 10.4. The molecular weight excluding hydrogens is 396 g/mol. The average molecular weight is 427 g/mol. The zero-order valence-electron chi connectivity index (χ0n) is 18.7. The number of fused-ring (bicyclic) bond motifs is 1. The number of anilines is 3. The minimum Gasteiger partial charge on any atom is -0.382 e. The highest BCUT2D eigenvalue weighted by atomic mass is 16.5. The molecule has 0 fully saturated rings. The van der Waals surface area contributed by atoms with Crippen LogP contribution in [0.5, 0.6) is 0 Å². The van der Waals surface area contributed by atoms with Crippen LogP contribution in [0, 0.1) is 6.92 Å². The van der Waals surface area contributed by atoms with E-state index in [-0.39, 0.29) is 11.9 Å². The largest absolute Gasteiger partial charge is 0.382 e. The molecule has 0 aliphatic heterocycles. The fraction of sp³-hybridized carbons (Fsp3) is 0.476. The Morgan fingerprint density at radius 1 is 1.26 bits per heavy atom. The van der Waals surface area contributed by atoms with Crippen molar-refractivity contribution in [1.82, 2.24) is 30.5 Å². The highest BCUT2D eigenvalue weighted by Crippen LogP contribution is 2.29. The van der Waals surface area contributed by atoms with Gasteiger partial charge in [0.25, 0.3) is 0 Å². The van der Waals surface area contributed by atoms with E-state index in [4.69, 9.17) is 9.72 Å². The van der Waals surface area contributed by atoms with Crippen LogP contribution in [0.4, 0.5) is 17.6 Å². The van der Waals surface area contributed by atoms with Crippen LogP contribution < -0.4 is 15.5 Å². The van der Waals surface area contributed by atoms with Crippen LogP contribution in [0.3, 0.4) is 0 Å². The second-order valence-corrected chi connectivity index (χ2v) is 7.40. The summed E-state index contributed by atoms with van der Waals surface area (Å²) in [6, 6.07) is 3.56. The van der Waals surface area contributed by atoms with Crippen LogP contribution in [0.1, 0.15) is 44.0 Å². The Kier molecular flexibility index (Phi) is 7.35. The van der Waals surface area contributed by atoms with E-state index in [0.717, 1.165) is 11.3 Å². The molecule has 0 saturated carbocycles. The molecule has 0 aromatic carbocycles. The Morgan fingerprint density at radius 2 is 2.06 bits per heavy atom. The molecule has 10 nitrogen and oxygen atoms in total. The summed E-state index contributed by atoms with van der Waals surface area (Å²) < 4.78 is 5.52. The summed E-state index contributed by atoms with van der Waals surface area (Å²) in [5.74, 6) is 1.69. The van der Waals surface area contributed by atoms with Gasteiger partial charge in [0.05, 0.1) is 11.7 Å². The minimum absolute atomic E-state index is 0.0477. The summed E-state index contributed by atoms with van der Waals surface area (Å²) in [7, 11) is 3.75. The van der Waals surface area contributed by atoms with E-state index in [9.17, 15) is 4.79 Å². The number of aromatic nitrogens is 5. The van der Waals surface area contributed by atoms with Gasteiger partial charge >= 0.3 is 0 Å². The maximum Gasteiger partial charge on any atom is 0.227 e. The van der Waals surface area contributed by atoms with Gasteiger partial charge in [-0.25, -0.2) is 9.97 Å². The summed E-state index contributed by atoms with van der Waals surface area (Å²) in [4.78, 5) is 27.7. The SMILES string of the molecule is CCOCCC(NC(=O)CC)c1[nH]nc2c(Nc3cc(C)ccn3)nc(N(C)C)nc12. The van der Waals surface area contributed by atoms with E-state index in [1.54, 1.807) is 6.20 Å². The molecule has 1 unspecified atom stereocenters. The Morgan fingerprint density at radius 3 is 2.74 bits per heavy atom. The first-order chi connectivity index (χ1) is 14.9. The van der Waals surface area contributed by atoms with Gasteiger partial charge in [-0.05, 0) is 38.0 Å². The van der Waals surface area contributed by atoms with Gasteiger partial charge in [0.2, 0.25) is 11.9 Å². The maximum atomic E-state index is 12.2. The zero-order chi connectivity index (χ0) is 22.4. The monoisotopic (exact) mass is 426 g/mol. The lowest BCUT2D eigenvalue weighted by Crippen LogP contribution is -2.29. The topological polar surface area (TPSA) is 121 Å². The van der Waals surface area contributed by atoms with Crippen LogP contribution in [-0.4, -0.2) is 58.4 Å². The second-order valence-electron chi connectivity index (χ2n) is 7.40. The fourth-order valence-corrected chi connectivity index (χ4v) is 3.09. The molecule has 1 amide bonds. The minimum atomic E-state index is -0.307. The number of hydrogen-bond donors (Lipinski definition) is 3. The van der Waals surface area contributed by atoms with Gasteiger partial charge < -0.3 is 20.3 Å². The molecule has 0 aliphatic rings. The number of carbonyl (C=O) groups excluding carboxylic acids is 1. The molecule has 3 aromatic rings.